The summed E-state index contributed by atoms with van der Waals surface area (Å²) in [7, 11) is 1.59. The summed E-state index contributed by atoms with van der Waals surface area (Å²) in [5.74, 6) is 0.825. The van der Waals surface area contributed by atoms with Gasteiger partial charge in [0.25, 0.3) is 5.91 Å². The Balaban J connectivity index is 2.24. The van der Waals surface area contributed by atoms with E-state index in [2.05, 4.69) is 6.92 Å². The zero-order chi connectivity index (χ0) is 17.7. The average molecular weight is 351 g/mol. The van der Waals surface area contributed by atoms with E-state index in [0.29, 0.717) is 17.1 Å². The van der Waals surface area contributed by atoms with Crippen LogP contribution in [0.15, 0.2) is 24.3 Å². The Kier molecular flexibility index (Phi) is 6.54. The summed E-state index contributed by atoms with van der Waals surface area (Å²) in [5, 5.41) is 0.00862. The first-order valence-corrected chi connectivity index (χ1v) is 9.31. The van der Waals surface area contributed by atoms with Crippen molar-refractivity contribution in [2.45, 2.75) is 51.1 Å². The molecule has 1 aromatic carbocycles. The number of esters is 1. The van der Waals surface area contributed by atoms with Gasteiger partial charge in [0.2, 0.25) is 0 Å². The Bertz CT molecular complexity index is 573. The molecule has 0 aromatic heterocycles. The van der Waals surface area contributed by atoms with Crippen LogP contribution in [-0.4, -0.2) is 47.2 Å². The van der Waals surface area contributed by atoms with Crippen molar-refractivity contribution in [3.63, 3.8) is 0 Å². The van der Waals surface area contributed by atoms with E-state index in [1.54, 1.807) is 48.0 Å². The number of benzene rings is 1. The Morgan fingerprint density at radius 1 is 1.29 bits per heavy atom. The predicted molar refractivity (Wildman–Crippen MR) is 95.3 cm³/mol. The Hall–Kier alpha value is -1.69. The summed E-state index contributed by atoms with van der Waals surface area (Å²) in [6, 6.07) is 6.46. The van der Waals surface area contributed by atoms with E-state index in [0.717, 1.165) is 12.8 Å². The second-order valence-corrected chi connectivity index (χ2v) is 7.23. The van der Waals surface area contributed by atoms with Gasteiger partial charge >= 0.3 is 5.97 Å². The SMILES string of the molecule is CCCC1SCC(C(=O)OC(C)C)N1C(=O)c1ccc(OC)cc1. The van der Waals surface area contributed by atoms with Gasteiger partial charge in [-0.05, 0) is 44.5 Å². The van der Waals surface area contributed by atoms with Gasteiger partial charge in [-0.1, -0.05) is 13.3 Å². The van der Waals surface area contributed by atoms with Gasteiger partial charge in [-0.25, -0.2) is 4.79 Å². The quantitative estimate of drug-likeness (QED) is 0.736. The molecule has 1 fully saturated rings. The van der Waals surface area contributed by atoms with Crippen LogP contribution in [0.25, 0.3) is 0 Å². The molecular weight excluding hydrogens is 326 g/mol. The maximum atomic E-state index is 13.0. The molecule has 1 aliphatic rings. The van der Waals surface area contributed by atoms with Crippen LogP contribution in [0.1, 0.15) is 44.0 Å². The highest BCUT2D eigenvalue weighted by Gasteiger charge is 2.42. The number of methoxy groups -OCH3 is 1. The molecule has 2 unspecified atom stereocenters. The minimum absolute atomic E-state index is 0.00862. The van der Waals surface area contributed by atoms with Crippen LogP contribution >= 0.6 is 11.8 Å². The normalized spacial score (nSPS) is 20.3. The molecule has 6 heteroatoms. The van der Waals surface area contributed by atoms with E-state index in [-0.39, 0.29) is 23.4 Å². The van der Waals surface area contributed by atoms with Gasteiger partial charge in [0.15, 0.2) is 0 Å². The van der Waals surface area contributed by atoms with Crippen molar-refractivity contribution in [1.29, 1.82) is 0 Å². The molecule has 24 heavy (non-hydrogen) atoms. The lowest BCUT2D eigenvalue weighted by Crippen LogP contribution is -2.46. The number of ether oxygens (including phenoxy) is 2. The standard InChI is InChI=1S/C18H25NO4S/c1-5-6-16-19(15(11-24-16)18(21)23-12(2)3)17(20)13-7-9-14(22-4)10-8-13/h7-10,12,15-16H,5-6,11H2,1-4H3. The van der Waals surface area contributed by atoms with Crippen LogP contribution in [0, 0.1) is 0 Å². The lowest BCUT2D eigenvalue weighted by Gasteiger charge is -2.28. The average Bonchev–Trinajstić information content (AvgIpc) is 2.98. The van der Waals surface area contributed by atoms with Crippen molar-refractivity contribution in [2.75, 3.05) is 12.9 Å². The van der Waals surface area contributed by atoms with Gasteiger partial charge in [-0.3, -0.25) is 4.79 Å². The fraction of sp³-hybridized carbons (Fsp3) is 0.556. The first-order chi connectivity index (χ1) is 11.5. The monoisotopic (exact) mass is 351 g/mol. The van der Waals surface area contributed by atoms with Gasteiger partial charge in [0.05, 0.1) is 18.6 Å². The van der Waals surface area contributed by atoms with Crippen LogP contribution in [0.2, 0.25) is 0 Å². The minimum Gasteiger partial charge on any atom is -0.497 e. The van der Waals surface area contributed by atoms with E-state index in [1.807, 2.05) is 13.8 Å². The van der Waals surface area contributed by atoms with Crippen LogP contribution in [0.3, 0.4) is 0 Å². The molecule has 1 heterocycles. The Morgan fingerprint density at radius 3 is 2.50 bits per heavy atom. The summed E-state index contributed by atoms with van der Waals surface area (Å²) in [5.41, 5.74) is 0.557. The van der Waals surface area contributed by atoms with E-state index >= 15 is 0 Å². The number of rotatable bonds is 6. The highest BCUT2D eigenvalue weighted by Crippen LogP contribution is 2.34. The van der Waals surface area contributed by atoms with Gasteiger partial charge in [-0.2, -0.15) is 0 Å². The van der Waals surface area contributed by atoms with Crippen LogP contribution < -0.4 is 4.74 Å². The summed E-state index contributed by atoms with van der Waals surface area (Å²) < 4.78 is 10.5. The fourth-order valence-electron chi connectivity index (χ4n) is 2.68. The van der Waals surface area contributed by atoms with Gasteiger partial charge in [-0.15, -0.1) is 11.8 Å². The van der Waals surface area contributed by atoms with E-state index in [9.17, 15) is 9.59 Å². The number of thioether (sulfide) groups is 1. The van der Waals surface area contributed by atoms with Crippen LogP contribution in [0.4, 0.5) is 0 Å². The number of hydrogen-bond donors (Lipinski definition) is 0. The van der Waals surface area contributed by atoms with Crippen molar-refractivity contribution >= 4 is 23.6 Å². The summed E-state index contributed by atoms with van der Waals surface area (Å²) in [6.45, 7) is 5.72. The topological polar surface area (TPSA) is 55.8 Å². The first-order valence-electron chi connectivity index (χ1n) is 8.26. The molecule has 1 saturated heterocycles. The number of carbonyl (C=O) groups excluding carboxylic acids is 2. The molecule has 0 saturated carbocycles. The highest BCUT2D eigenvalue weighted by molar-refractivity contribution is 8.00. The molecule has 0 radical (unpaired) electrons. The molecule has 2 rings (SSSR count). The van der Waals surface area contributed by atoms with Crippen LogP contribution in [-0.2, 0) is 9.53 Å². The molecule has 1 aromatic rings. The van der Waals surface area contributed by atoms with Crippen molar-refractivity contribution in [2.24, 2.45) is 0 Å². The number of amides is 1. The maximum absolute atomic E-state index is 13.0. The minimum atomic E-state index is -0.524. The maximum Gasteiger partial charge on any atom is 0.330 e. The molecular formula is C18H25NO4S. The van der Waals surface area contributed by atoms with Gasteiger partial charge in [0, 0.05) is 11.3 Å². The molecule has 0 bridgehead atoms. The van der Waals surface area contributed by atoms with Gasteiger partial charge < -0.3 is 14.4 Å². The molecule has 1 aliphatic heterocycles. The summed E-state index contributed by atoms with van der Waals surface area (Å²) in [6.07, 6.45) is 1.62. The molecule has 132 valence electrons. The van der Waals surface area contributed by atoms with Crippen molar-refractivity contribution in [3.8, 4) is 5.75 Å². The summed E-state index contributed by atoms with van der Waals surface area (Å²) in [4.78, 5) is 27.1. The molecule has 1 amide bonds. The molecule has 0 aliphatic carbocycles. The number of carbonyl (C=O) groups is 2. The molecule has 0 spiro atoms. The second kappa shape index (κ2) is 8.42. The number of nitrogens with zero attached hydrogens (tertiary/aromatic N) is 1. The zero-order valence-electron chi connectivity index (χ0n) is 14.7. The van der Waals surface area contributed by atoms with Crippen molar-refractivity contribution < 1.29 is 19.1 Å². The smallest absolute Gasteiger partial charge is 0.330 e. The predicted octanol–water partition coefficient (Wildman–Crippen LogP) is 3.33. The zero-order valence-corrected chi connectivity index (χ0v) is 15.5. The third kappa shape index (κ3) is 4.23. The lowest BCUT2D eigenvalue weighted by molar-refractivity contribution is -0.151. The van der Waals surface area contributed by atoms with Crippen molar-refractivity contribution in [1.82, 2.24) is 4.90 Å². The number of hydrogen-bond acceptors (Lipinski definition) is 5. The van der Waals surface area contributed by atoms with E-state index in [1.165, 1.54) is 0 Å². The van der Waals surface area contributed by atoms with E-state index in [4.69, 9.17) is 9.47 Å². The lowest BCUT2D eigenvalue weighted by atomic mass is 10.1. The van der Waals surface area contributed by atoms with Crippen LogP contribution in [0.5, 0.6) is 5.75 Å². The molecule has 0 N–H and O–H groups in total. The Morgan fingerprint density at radius 2 is 1.96 bits per heavy atom. The molecule has 5 nitrogen and oxygen atoms in total. The third-order valence-electron chi connectivity index (χ3n) is 3.82. The third-order valence-corrected chi connectivity index (χ3v) is 5.18. The second-order valence-electron chi connectivity index (χ2n) is 6.02. The van der Waals surface area contributed by atoms with Gasteiger partial charge in [0.1, 0.15) is 11.8 Å². The highest BCUT2D eigenvalue weighted by atomic mass is 32.2. The first kappa shape index (κ1) is 18.6. The fourth-order valence-corrected chi connectivity index (χ4v) is 4.19. The van der Waals surface area contributed by atoms with Crippen molar-refractivity contribution in [3.05, 3.63) is 29.8 Å². The largest absolute Gasteiger partial charge is 0.497 e. The summed E-state index contributed by atoms with van der Waals surface area (Å²) >= 11 is 1.65. The Labute approximate surface area is 147 Å². The van der Waals surface area contributed by atoms with E-state index < -0.39 is 6.04 Å². The molecule has 2 atom stereocenters.